The lowest BCUT2D eigenvalue weighted by molar-refractivity contribution is -0.117. The van der Waals surface area contributed by atoms with E-state index >= 15 is 0 Å². The molecular weight excluding hydrogens is 346 g/mol. The van der Waals surface area contributed by atoms with Gasteiger partial charge in [-0.25, -0.2) is 0 Å². The summed E-state index contributed by atoms with van der Waals surface area (Å²) >= 11 is 0. The maximum Gasteiger partial charge on any atom is 0.318 e. The molecule has 2 amide bonds. The molecule has 27 heavy (non-hydrogen) atoms. The largest absolute Gasteiger partial charge is 0.408 e. The van der Waals surface area contributed by atoms with Crippen molar-refractivity contribution >= 4 is 23.5 Å². The van der Waals surface area contributed by atoms with Crippen LogP contribution in [0.5, 0.6) is 0 Å². The van der Waals surface area contributed by atoms with Crippen molar-refractivity contribution in [1.29, 1.82) is 0 Å². The first-order valence-electron chi connectivity index (χ1n) is 9.42. The molecule has 4 rings (SSSR count). The Hall–Kier alpha value is -2.90. The zero-order valence-corrected chi connectivity index (χ0v) is 15.4. The molecule has 142 valence electrons. The Kier molecular flexibility index (Phi) is 4.79. The third-order valence-electron chi connectivity index (χ3n) is 5.07. The Labute approximate surface area is 157 Å². The number of hydrogen-bond donors (Lipinski definition) is 0. The van der Waals surface area contributed by atoms with Crippen molar-refractivity contribution in [3.63, 3.8) is 0 Å². The summed E-state index contributed by atoms with van der Waals surface area (Å²) in [5.74, 6) is 0.735. The summed E-state index contributed by atoms with van der Waals surface area (Å²) in [4.78, 5) is 30.5. The molecule has 1 aromatic carbocycles. The van der Waals surface area contributed by atoms with Gasteiger partial charge in [0.1, 0.15) is 0 Å². The molecule has 0 bridgehead atoms. The molecule has 8 heteroatoms. The topological polar surface area (TPSA) is 82.8 Å². The van der Waals surface area contributed by atoms with Gasteiger partial charge in [0.2, 0.25) is 11.8 Å². The van der Waals surface area contributed by atoms with Crippen molar-refractivity contribution in [1.82, 2.24) is 15.1 Å². The van der Waals surface area contributed by atoms with E-state index in [9.17, 15) is 9.59 Å². The molecule has 0 atom stereocenters. The summed E-state index contributed by atoms with van der Waals surface area (Å²) in [5, 5.41) is 8.06. The fourth-order valence-corrected chi connectivity index (χ4v) is 3.53. The summed E-state index contributed by atoms with van der Waals surface area (Å²) in [6.07, 6.45) is 2.16. The molecule has 0 aliphatic carbocycles. The van der Waals surface area contributed by atoms with Crippen molar-refractivity contribution in [2.24, 2.45) is 0 Å². The van der Waals surface area contributed by atoms with Gasteiger partial charge in [-0.15, -0.1) is 5.10 Å². The molecule has 8 nitrogen and oxygen atoms in total. The minimum Gasteiger partial charge on any atom is -0.408 e. The number of aryl methyl sites for hydroxylation is 1. The number of hydrogen-bond acceptors (Lipinski definition) is 6. The van der Waals surface area contributed by atoms with Crippen LogP contribution in [0.15, 0.2) is 28.7 Å². The normalized spacial score (nSPS) is 17.7. The number of amides is 2. The summed E-state index contributed by atoms with van der Waals surface area (Å²) in [5.41, 5.74) is 1.42. The van der Waals surface area contributed by atoms with Crippen molar-refractivity contribution in [3.05, 3.63) is 35.7 Å². The summed E-state index contributed by atoms with van der Waals surface area (Å²) < 4.78 is 5.60. The second kappa shape index (κ2) is 7.38. The predicted molar refractivity (Wildman–Crippen MR) is 99.8 cm³/mol. The predicted octanol–water partition coefficient (Wildman–Crippen LogP) is 1.72. The molecule has 2 aromatic rings. The lowest BCUT2D eigenvalue weighted by atomic mass is 10.1. The average Bonchev–Trinajstić information content (AvgIpc) is 3.36. The third kappa shape index (κ3) is 3.51. The van der Waals surface area contributed by atoms with Crippen molar-refractivity contribution in [2.75, 3.05) is 42.5 Å². The van der Waals surface area contributed by atoms with Crippen LogP contribution in [0.25, 0.3) is 0 Å². The van der Waals surface area contributed by atoms with Crippen LogP contribution in [-0.4, -0.2) is 59.6 Å². The van der Waals surface area contributed by atoms with Crippen LogP contribution in [-0.2, 0) is 11.2 Å². The molecule has 0 radical (unpaired) electrons. The van der Waals surface area contributed by atoms with Crippen LogP contribution in [0.2, 0.25) is 0 Å². The summed E-state index contributed by atoms with van der Waals surface area (Å²) in [7, 11) is 0. The first kappa shape index (κ1) is 17.5. The van der Waals surface area contributed by atoms with Gasteiger partial charge in [-0.1, -0.05) is 18.1 Å². The highest BCUT2D eigenvalue weighted by molar-refractivity contribution is 5.99. The molecule has 2 aliphatic heterocycles. The SMILES string of the molecule is CCc1nnc(N2CCN(C(=O)c3cccc(N4CCCC4=O)c3)CC2)o1. The number of carbonyl (C=O) groups is 2. The Morgan fingerprint density at radius 2 is 1.96 bits per heavy atom. The number of carbonyl (C=O) groups excluding carboxylic acids is 2. The fraction of sp³-hybridized carbons (Fsp3) is 0.474. The van der Waals surface area contributed by atoms with Crippen LogP contribution in [0.3, 0.4) is 0 Å². The smallest absolute Gasteiger partial charge is 0.318 e. The zero-order chi connectivity index (χ0) is 18.8. The highest BCUT2D eigenvalue weighted by Gasteiger charge is 2.26. The highest BCUT2D eigenvalue weighted by Crippen LogP contribution is 2.23. The number of piperazine rings is 1. The maximum atomic E-state index is 12.9. The van der Waals surface area contributed by atoms with Gasteiger partial charge in [0, 0.05) is 56.8 Å². The summed E-state index contributed by atoms with van der Waals surface area (Å²) in [6.45, 7) is 5.19. The number of aromatic nitrogens is 2. The van der Waals surface area contributed by atoms with Crippen molar-refractivity contribution < 1.29 is 14.0 Å². The van der Waals surface area contributed by atoms with Gasteiger partial charge in [-0.3, -0.25) is 9.59 Å². The molecule has 2 aliphatic rings. The first-order valence-corrected chi connectivity index (χ1v) is 9.42. The number of nitrogens with zero attached hydrogens (tertiary/aromatic N) is 5. The van der Waals surface area contributed by atoms with Gasteiger partial charge in [0.15, 0.2) is 0 Å². The van der Waals surface area contributed by atoms with E-state index in [2.05, 4.69) is 10.2 Å². The van der Waals surface area contributed by atoms with Gasteiger partial charge >= 0.3 is 6.01 Å². The number of benzene rings is 1. The quantitative estimate of drug-likeness (QED) is 0.816. The fourth-order valence-electron chi connectivity index (χ4n) is 3.53. The Morgan fingerprint density at radius 3 is 2.63 bits per heavy atom. The average molecular weight is 369 g/mol. The summed E-state index contributed by atoms with van der Waals surface area (Å²) in [6, 6.07) is 7.88. The van der Waals surface area contributed by atoms with Gasteiger partial charge < -0.3 is 19.1 Å². The lowest BCUT2D eigenvalue weighted by Gasteiger charge is -2.33. The van der Waals surface area contributed by atoms with E-state index in [0.717, 1.165) is 18.7 Å². The second-order valence-corrected chi connectivity index (χ2v) is 6.81. The molecule has 3 heterocycles. The Morgan fingerprint density at radius 1 is 1.15 bits per heavy atom. The molecule has 2 fully saturated rings. The molecule has 2 saturated heterocycles. The van der Waals surface area contributed by atoms with E-state index in [-0.39, 0.29) is 11.8 Å². The third-order valence-corrected chi connectivity index (χ3v) is 5.07. The molecule has 0 saturated carbocycles. The van der Waals surface area contributed by atoms with Gasteiger partial charge in [-0.2, -0.15) is 0 Å². The Balaban J connectivity index is 1.41. The van der Waals surface area contributed by atoms with E-state index in [1.54, 1.807) is 4.90 Å². The highest BCUT2D eigenvalue weighted by atomic mass is 16.4. The minimum absolute atomic E-state index is 0.0112. The van der Waals surface area contributed by atoms with E-state index in [1.165, 1.54) is 0 Å². The van der Waals surface area contributed by atoms with E-state index in [4.69, 9.17) is 4.42 Å². The van der Waals surface area contributed by atoms with Crippen LogP contribution >= 0.6 is 0 Å². The van der Waals surface area contributed by atoms with Crippen LogP contribution in [0.1, 0.15) is 36.0 Å². The van der Waals surface area contributed by atoms with Crippen molar-refractivity contribution in [2.45, 2.75) is 26.2 Å². The second-order valence-electron chi connectivity index (χ2n) is 6.81. The molecule has 0 N–H and O–H groups in total. The van der Waals surface area contributed by atoms with Gasteiger partial charge in [-0.05, 0) is 24.6 Å². The van der Waals surface area contributed by atoms with Gasteiger partial charge in [0.25, 0.3) is 5.91 Å². The van der Waals surface area contributed by atoms with Crippen LogP contribution < -0.4 is 9.80 Å². The maximum absolute atomic E-state index is 12.9. The van der Waals surface area contributed by atoms with Crippen LogP contribution in [0.4, 0.5) is 11.7 Å². The number of rotatable bonds is 4. The molecule has 1 aromatic heterocycles. The molecule has 0 unspecified atom stereocenters. The van der Waals surface area contributed by atoms with E-state index in [1.807, 2.05) is 41.0 Å². The number of anilines is 2. The molecule has 0 spiro atoms. The molecular formula is C19H23N5O3. The van der Waals surface area contributed by atoms with E-state index in [0.29, 0.717) is 56.5 Å². The first-order chi connectivity index (χ1) is 13.2. The lowest BCUT2D eigenvalue weighted by Crippen LogP contribution is -2.49. The monoisotopic (exact) mass is 369 g/mol. The minimum atomic E-state index is -0.0112. The van der Waals surface area contributed by atoms with E-state index < -0.39 is 0 Å². The Bertz CT molecular complexity index is 841. The van der Waals surface area contributed by atoms with Crippen molar-refractivity contribution in [3.8, 4) is 0 Å². The standard InChI is InChI=1S/C19H23N5O3/c1-2-16-20-21-19(27-16)23-11-9-22(10-12-23)18(26)14-5-3-6-15(13-14)24-8-4-7-17(24)25/h3,5-6,13H,2,4,7-12H2,1H3. The van der Waals surface area contributed by atoms with Gasteiger partial charge in [0.05, 0.1) is 0 Å². The zero-order valence-electron chi connectivity index (χ0n) is 15.4. The van der Waals surface area contributed by atoms with Crippen LogP contribution in [0, 0.1) is 0 Å².